The Bertz CT molecular complexity index is 1470. The van der Waals surface area contributed by atoms with Gasteiger partial charge in [0.2, 0.25) is 5.91 Å². The summed E-state index contributed by atoms with van der Waals surface area (Å²) in [5.41, 5.74) is 3.39. The number of thioether (sulfide) groups is 1. The number of fused-ring (bicyclic) bond motifs is 3. The summed E-state index contributed by atoms with van der Waals surface area (Å²) in [4.78, 5) is 29.1. The van der Waals surface area contributed by atoms with E-state index in [9.17, 15) is 9.59 Å². The van der Waals surface area contributed by atoms with Gasteiger partial charge in [0.1, 0.15) is 11.2 Å². The van der Waals surface area contributed by atoms with Crippen molar-refractivity contribution in [3.63, 3.8) is 0 Å². The molecule has 2 amide bonds. The van der Waals surface area contributed by atoms with E-state index in [-0.39, 0.29) is 17.6 Å². The number of carbonyl (C=O) groups is 2. The zero-order valence-corrected chi connectivity index (χ0v) is 18.6. The molecule has 0 saturated carbocycles. The van der Waals surface area contributed by atoms with Crippen LogP contribution in [0.3, 0.4) is 0 Å². The number of nitrogens with zero attached hydrogens (tertiary/aromatic N) is 2. The van der Waals surface area contributed by atoms with Gasteiger partial charge in [-0.25, -0.2) is 4.98 Å². The van der Waals surface area contributed by atoms with Gasteiger partial charge in [0.05, 0.1) is 5.75 Å². The van der Waals surface area contributed by atoms with Crippen LogP contribution in [0.4, 0.5) is 11.4 Å². The Morgan fingerprint density at radius 3 is 2.48 bits per heavy atom. The summed E-state index contributed by atoms with van der Waals surface area (Å²) >= 11 is 1.36. The van der Waals surface area contributed by atoms with Gasteiger partial charge in [-0.1, -0.05) is 30.0 Å². The highest BCUT2D eigenvalue weighted by atomic mass is 32.2. The molecule has 0 unspecified atom stereocenters. The number of aryl methyl sites for hydroxylation is 1. The predicted octanol–water partition coefficient (Wildman–Crippen LogP) is 5.30. The predicted molar refractivity (Wildman–Crippen MR) is 131 cm³/mol. The summed E-state index contributed by atoms with van der Waals surface area (Å²) in [5.74, 6) is -0.121. The Kier molecular flexibility index (Phi) is 5.58. The van der Waals surface area contributed by atoms with E-state index >= 15 is 0 Å². The average Bonchev–Trinajstić information content (AvgIpc) is 3.41. The number of benzene rings is 3. The van der Waals surface area contributed by atoms with Crippen molar-refractivity contribution in [3.8, 4) is 0 Å². The second-order valence-corrected chi connectivity index (χ2v) is 8.44. The lowest BCUT2D eigenvalue weighted by Gasteiger charge is -2.08. The maximum atomic E-state index is 12.7. The zero-order valence-electron chi connectivity index (χ0n) is 17.7. The fraction of sp³-hybridized carbons (Fsp3) is 0.0800. The number of imidazole rings is 1. The zero-order chi connectivity index (χ0) is 22.8. The molecular formula is C25H20N4O3S. The number of para-hydroxylation sites is 1. The Morgan fingerprint density at radius 2 is 1.70 bits per heavy atom. The molecule has 0 aliphatic carbocycles. The van der Waals surface area contributed by atoms with E-state index < -0.39 is 0 Å². The Hall–Kier alpha value is -4.04. The van der Waals surface area contributed by atoms with Crippen molar-refractivity contribution in [1.82, 2.24) is 9.55 Å². The third kappa shape index (κ3) is 4.47. The Balaban J connectivity index is 1.22. The molecule has 0 spiro atoms. The second-order valence-electron chi connectivity index (χ2n) is 7.50. The molecule has 0 saturated heterocycles. The molecule has 2 heterocycles. The molecule has 0 radical (unpaired) electrons. The third-order valence-electron chi connectivity index (χ3n) is 5.17. The van der Waals surface area contributed by atoms with Crippen LogP contribution < -0.4 is 10.6 Å². The van der Waals surface area contributed by atoms with Crippen LogP contribution in [0.25, 0.3) is 21.9 Å². The van der Waals surface area contributed by atoms with Crippen molar-refractivity contribution < 1.29 is 14.0 Å². The first-order valence-electron chi connectivity index (χ1n) is 10.3. The molecular weight excluding hydrogens is 436 g/mol. The van der Waals surface area contributed by atoms with E-state index in [2.05, 4.69) is 15.6 Å². The van der Waals surface area contributed by atoms with Gasteiger partial charge in [-0.2, -0.15) is 0 Å². The van der Waals surface area contributed by atoms with Crippen molar-refractivity contribution >= 4 is 56.9 Å². The summed E-state index contributed by atoms with van der Waals surface area (Å²) < 4.78 is 7.69. The normalized spacial score (nSPS) is 11.1. The molecule has 8 heteroatoms. The first-order valence-corrected chi connectivity index (χ1v) is 11.3. The third-order valence-corrected chi connectivity index (χ3v) is 6.23. The number of amides is 2. The molecule has 5 aromatic rings. The highest BCUT2D eigenvalue weighted by molar-refractivity contribution is 7.99. The van der Waals surface area contributed by atoms with Gasteiger partial charge >= 0.3 is 0 Å². The number of carbonyl (C=O) groups excluding carboxylic acids is 2. The minimum Gasteiger partial charge on any atom is -0.456 e. The molecule has 0 aliphatic heterocycles. The molecule has 164 valence electrons. The smallest absolute Gasteiger partial charge is 0.255 e. The largest absolute Gasteiger partial charge is 0.456 e. The number of anilines is 2. The number of hydrogen-bond donors (Lipinski definition) is 2. The number of nitrogens with one attached hydrogen (secondary N) is 2. The van der Waals surface area contributed by atoms with E-state index in [1.54, 1.807) is 30.5 Å². The van der Waals surface area contributed by atoms with Gasteiger partial charge in [0, 0.05) is 47.2 Å². The van der Waals surface area contributed by atoms with Crippen molar-refractivity contribution in [1.29, 1.82) is 0 Å². The molecule has 7 nitrogen and oxygen atoms in total. The van der Waals surface area contributed by atoms with Crippen molar-refractivity contribution in [2.24, 2.45) is 7.05 Å². The van der Waals surface area contributed by atoms with Crippen LogP contribution >= 0.6 is 11.8 Å². The van der Waals surface area contributed by atoms with E-state index in [1.807, 2.05) is 60.3 Å². The number of aromatic nitrogens is 2. The van der Waals surface area contributed by atoms with Crippen molar-refractivity contribution in [3.05, 3.63) is 84.7 Å². The maximum absolute atomic E-state index is 12.7. The lowest BCUT2D eigenvalue weighted by Crippen LogP contribution is -2.15. The van der Waals surface area contributed by atoms with E-state index in [1.165, 1.54) is 11.8 Å². The summed E-state index contributed by atoms with van der Waals surface area (Å²) in [6.45, 7) is 0. The SMILES string of the molecule is Cn1ccnc1SCC(=O)Nc1ccc(C(=O)Nc2ccc3oc4ccccc4c3c2)cc1. The Morgan fingerprint density at radius 1 is 0.939 bits per heavy atom. The van der Waals surface area contributed by atoms with E-state index in [0.29, 0.717) is 16.9 Å². The van der Waals surface area contributed by atoms with Crippen LogP contribution in [-0.2, 0) is 11.8 Å². The maximum Gasteiger partial charge on any atom is 0.255 e. The summed E-state index contributed by atoms with van der Waals surface area (Å²) in [6, 6.07) is 20.2. The van der Waals surface area contributed by atoms with E-state index in [4.69, 9.17) is 4.42 Å². The van der Waals surface area contributed by atoms with Crippen LogP contribution in [0.2, 0.25) is 0 Å². The molecule has 33 heavy (non-hydrogen) atoms. The topological polar surface area (TPSA) is 89.2 Å². The van der Waals surface area contributed by atoms with Gasteiger partial charge in [-0.05, 0) is 48.5 Å². The van der Waals surface area contributed by atoms with Crippen LogP contribution in [0, 0.1) is 0 Å². The monoisotopic (exact) mass is 456 g/mol. The van der Waals surface area contributed by atoms with Gasteiger partial charge in [-0.3, -0.25) is 9.59 Å². The van der Waals surface area contributed by atoms with Crippen LogP contribution in [-0.4, -0.2) is 27.1 Å². The van der Waals surface area contributed by atoms with Crippen LogP contribution in [0.15, 0.2) is 88.7 Å². The van der Waals surface area contributed by atoms with Crippen LogP contribution in [0.5, 0.6) is 0 Å². The first kappa shape index (κ1) is 20.8. The van der Waals surface area contributed by atoms with Gasteiger partial charge in [0.25, 0.3) is 5.91 Å². The molecule has 2 N–H and O–H groups in total. The lowest BCUT2D eigenvalue weighted by atomic mass is 10.1. The molecule has 3 aromatic carbocycles. The standard InChI is InChI=1S/C25H20N4O3S/c1-29-13-12-26-25(29)33-15-23(30)27-17-8-6-16(7-9-17)24(31)28-18-10-11-22-20(14-18)19-4-2-3-5-21(19)32-22/h2-14H,15H2,1H3,(H,27,30)(H,28,31). The fourth-order valence-corrected chi connectivity index (χ4v) is 4.26. The minimum absolute atomic E-state index is 0.138. The minimum atomic E-state index is -0.231. The molecule has 0 bridgehead atoms. The van der Waals surface area contributed by atoms with Gasteiger partial charge in [0.15, 0.2) is 5.16 Å². The van der Waals surface area contributed by atoms with Crippen molar-refractivity contribution in [2.75, 3.05) is 16.4 Å². The fourth-order valence-electron chi connectivity index (χ4n) is 3.53. The number of furan rings is 1. The molecule has 0 atom stereocenters. The molecule has 5 rings (SSSR count). The number of rotatable bonds is 6. The first-order chi connectivity index (χ1) is 16.1. The second kappa shape index (κ2) is 8.84. The molecule has 0 fully saturated rings. The van der Waals surface area contributed by atoms with Gasteiger partial charge in [-0.15, -0.1) is 0 Å². The van der Waals surface area contributed by atoms with E-state index in [0.717, 1.165) is 27.1 Å². The van der Waals surface area contributed by atoms with Crippen molar-refractivity contribution in [2.45, 2.75) is 5.16 Å². The lowest BCUT2D eigenvalue weighted by molar-refractivity contribution is -0.113. The highest BCUT2D eigenvalue weighted by Gasteiger charge is 2.11. The molecule has 2 aromatic heterocycles. The van der Waals surface area contributed by atoms with Crippen LogP contribution in [0.1, 0.15) is 10.4 Å². The summed E-state index contributed by atoms with van der Waals surface area (Å²) in [5, 5.41) is 8.49. The quantitative estimate of drug-likeness (QED) is 0.338. The summed E-state index contributed by atoms with van der Waals surface area (Å²) in [6.07, 6.45) is 3.53. The molecule has 0 aliphatic rings. The highest BCUT2D eigenvalue weighted by Crippen LogP contribution is 2.30. The van der Waals surface area contributed by atoms with Gasteiger partial charge < -0.3 is 19.6 Å². The summed E-state index contributed by atoms with van der Waals surface area (Å²) in [7, 11) is 1.88. The number of hydrogen-bond acceptors (Lipinski definition) is 5. The Labute approximate surface area is 193 Å². The average molecular weight is 457 g/mol.